The minimum absolute atomic E-state index is 0.00727. The van der Waals surface area contributed by atoms with Crippen LogP contribution in [0.15, 0.2) is 17.0 Å². The van der Waals surface area contributed by atoms with E-state index in [1.165, 1.54) is 7.05 Å². The molecule has 1 aromatic rings. The molecule has 0 bridgehead atoms. The predicted octanol–water partition coefficient (Wildman–Crippen LogP) is 1.26. The second kappa shape index (κ2) is 6.35. The molecule has 1 aliphatic heterocycles. The molecule has 118 valence electrons. The fourth-order valence-corrected chi connectivity index (χ4v) is 3.83. The summed E-state index contributed by atoms with van der Waals surface area (Å²) in [7, 11) is -2.83. The van der Waals surface area contributed by atoms with Crippen LogP contribution in [0.2, 0.25) is 0 Å². The summed E-state index contributed by atoms with van der Waals surface area (Å²) in [6.45, 7) is 0.288. The van der Waals surface area contributed by atoms with E-state index in [9.17, 15) is 17.2 Å². The van der Waals surface area contributed by atoms with Gasteiger partial charge in [-0.2, -0.15) is 4.31 Å². The molecule has 1 saturated heterocycles. The van der Waals surface area contributed by atoms with E-state index in [1.807, 2.05) is 0 Å². The second-order valence-electron chi connectivity index (χ2n) is 4.91. The molecule has 0 spiro atoms. The van der Waals surface area contributed by atoms with Crippen molar-refractivity contribution in [3.63, 3.8) is 0 Å². The van der Waals surface area contributed by atoms with Crippen molar-refractivity contribution >= 4 is 10.0 Å². The topological polar surface area (TPSA) is 66.8 Å². The van der Waals surface area contributed by atoms with Crippen molar-refractivity contribution in [2.45, 2.75) is 30.4 Å². The van der Waals surface area contributed by atoms with Crippen LogP contribution < -0.4 is 0 Å². The lowest BCUT2D eigenvalue weighted by Gasteiger charge is -2.30. The van der Waals surface area contributed by atoms with Gasteiger partial charge in [0.15, 0.2) is 11.6 Å². The van der Waals surface area contributed by atoms with E-state index in [1.54, 1.807) is 0 Å². The Bertz CT molecular complexity index is 615. The van der Waals surface area contributed by atoms with Crippen LogP contribution in [0.3, 0.4) is 0 Å². The predicted molar refractivity (Wildman–Crippen MR) is 71.1 cm³/mol. The summed E-state index contributed by atoms with van der Waals surface area (Å²) in [5.74, 6) is -2.72. The Labute approximate surface area is 122 Å². The van der Waals surface area contributed by atoms with E-state index in [-0.39, 0.29) is 11.6 Å². The van der Waals surface area contributed by atoms with Crippen molar-refractivity contribution in [2.24, 2.45) is 0 Å². The Morgan fingerprint density at radius 1 is 1.33 bits per heavy atom. The lowest BCUT2D eigenvalue weighted by Crippen LogP contribution is -2.41. The van der Waals surface area contributed by atoms with Gasteiger partial charge in [-0.3, -0.25) is 0 Å². The quantitative estimate of drug-likeness (QED) is 0.906. The van der Waals surface area contributed by atoms with Crippen LogP contribution in [0.4, 0.5) is 8.78 Å². The number of benzene rings is 1. The molecule has 1 heterocycles. The third-order valence-electron chi connectivity index (χ3n) is 3.60. The number of ether oxygens (including phenoxy) is 1. The molecule has 0 atom stereocenters. The molecule has 0 unspecified atom stereocenters. The second-order valence-corrected chi connectivity index (χ2v) is 6.88. The molecule has 0 saturated carbocycles. The van der Waals surface area contributed by atoms with E-state index in [2.05, 4.69) is 0 Å². The van der Waals surface area contributed by atoms with Crippen LogP contribution in [-0.2, 0) is 21.4 Å². The van der Waals surface area contributed by atoms with Gasteiger partial charge in [0.2, 0.25) is 10.0 Å². The van der Waals surface area contributed by atoms with Crippen molar-refractivity contribution in [2.75, 3.05) is 20.3 Å². The third kappa shape index (κ3) is 3.23. The maximum absolute atomic E-state index is 13.9. The molecule has 5 nitrogen and oxygen atoms in total. The maximum Gasteiger partial charge on any atom is 0.246 e. The summed E-state index contributed by atoms with van der Waals surface area (Å²) in [6.07, 6.45) is 0.999. The zero-order valence-corrected chi connectivity index (χ0v) is 12.4. The van der Waals surface area contributed by atoms with E-state index >= 15 is 0 Å². The van der Waals surface area contributed by atoms with Crippen LogP contribution in [0, 0.1) is 11.6 Å². The number of sulfonamides is 1. The van der Waals surface area contributed by atoms with Crippen LogP contribution in [0.1, 0.15) is 18.4 Å². The largest absolute Gasteiger partial charge is 0.392 e. The van der Waals surface area contributed by atoms with Gasteiger partial charge < -0.3 is 9.84 Å². The van der Waals surface area contributed by atoms with Crippen molar-refractivity contribution in [1.29, 1.82) is 0 Å². The molecule has 0 aliphatic carbocycles. The van der Waals surface area contributed by atoms with Gasteiger partial charge in [0.25, 0.3) is 0 Å². The number of hydrogen-bond acceptors (Lipinski definition) is 4. The van der Waals surface area contributed by atoms with Gasteiger partial charge in [-0.05, 0) is 30.5 Å². The first-order valence-electron chi connectivity index (χ1n) is 6.52. The number of aliphatic hydroxyl groups is 1. The van der Waals surface area contributed by atoms with Crippen LogP contribution in [-0.4, -0.2) is 44.1 Å². The Balaban J connectivity index is 2.40. The molecule has 1 aromatic carbocycles. The fourth-order valence-electron chi connectivity index (χ4n) is 2.30. The molecule has 1 fully saturated rings. The first kappa shape index (κ1) is 16.3. The highest BCUT2D eigenvalue weighted by atomic mass is 32.2. The molecule has 1 N–H and O–H groups in total. The van der Waals surface area contributed by atoms with E-state index in [0.717, 1.165) is 16.4 Å². The van der Waals surface area contributed by atoms with Gasteiger partial charge in [0.05, 0.1) is 6.61 Å². The monoisotopic (exact) mass is 321 g/mol. The number of aliphatic hydroxyl groups excluding tert-OH is 1. The Morgan fingerprint density at radius 2 is 1.95 bits per heavy atom. The summed E-state index contributed by atoms with van der Waals surface area (Å²) in [4.78, 5) is -0.749. The molecule has 1 aliphatic rings. The minimum atomic E-state index is -4.17. The van der Waals surface area contributed by atoms with Gasteiger partial charge in [-0.25, -0.2) is 17.2 Å². The normalized spacial score (nSPS) is 17.4. The van der Waals surface area contributed by atoms with E-state index in [4.69, 9.17) is 9.84 Å². The first-order chi connectivity index (χ1) is 9.87. The average Bonchev–Trinajstić information content (AvgIpc) is 2.49. The number of halogens is 2. The maximum atomic E-state index is 13.9. The van der Waals surface area contributed by atoms with Gasteiger partial charge in [-0.15, -0.1) is 0 Å². The lowest BCUT2D eigenvalue weighted by molar-refractivity contribution is 0.0631. The highest BCUT2D eigenvalue weighted by Crippen LogP contribution is 2.26. The van der Waals surface area contributed by atoms with Crippen LogP contribution in [0.5, 0.6) is 0 Å². The summed E-state index contributed by atoms with van der Waals surface area (Å²) in [5, 5.41) is 9.02. The summed E-state index contributed by atoms with van der Waals surface area (Å²) >= 11 is 0. The summed E-state index contributed by atoms with van der Waals surface area (Å²) < 4.78 is 58.5. The molecule has 21 heavy (non-hydrogen) atoms. The summed E-state index contributed by atoms with van der Waals surface area (Å²) in [5.41, 5.74) is 0.00727. The minimum Gasteiger partial charge on any atom is -0.392 e. The van der Waals surface area contributed by atoms with Gasteiger partial charge in [0, 0.05) is 26.3 Å². The summed E-state index contributed by atoms with van der Waals surface area (Å²) in [6, 6.07) is 1.43. The molecule has 0 radical (unpaired) electrons. The number of hydrogen-bond donors (Lipinski definition) is 1. The Kier molecular flexibility index (Phi) is 4.92. The van der Waals surface area contributed by atoms with Crippen molar-refractivity contribution < 1.29 is 27.0 Å². The standard InChI is InChI=1S/C13H17F2NO4S/c1-16(10-2-4-20-5-3-10)21(18,19)12-7-9(8-17)6-11(14)13(12)15/h6-7,10,17H,2-5,8H2,1H3. The zero-order chi connectivity index (χ0) is 15.6. The van der Waals surface area contributed by atoms with Gasteiger partial charge in [0.1, 0.15) is 4.90 Å². The van der Waals surface area contributed by atoms with E-state index in [0.29, 0.717) is 26.1 Å². The van der Waals surface area contributed by atoms with Crippen LogP contribution in [0.25, 0.3) is 0 Å². The number of rotatable bonds is 4. The molecular formula is C13H17F2NO4S. The zero-order valence-electron chi connectivity index (χ0n) is 11.6. The average molecular weight is 321 g/mol. The first-order valence-corrected chi connectivity index (χ1v) is 7.96. The SMILES string of the molecule is CN(C1CCOCC1)S(=O)(=O)c1cc(CO)cc(F)c1F. The van der Waals surface area contributed by atoms with E-state index < -0.39 is 33.2 Å². The Hall–Kier alpha value is -1.09. The molecular weight excluding hydrogens is 304 g/mol. The molecule has 0 amide bonds. The smallest absolute Gasteiger partial charge is 0.246 e. The number of nitrogens with zero attached hydrogens (tertiary/aromatic N) is 1. The molecule has 0 aromatic heterocycles. The third-order valence-corrected chi connectivity index (χ3v) is 5.51. The lowest BCUT2D eigenvalue weighted by atomic mass is 10.1. The fraction of sp³-hybridized carbons (Fsp3) is 0.538. The van der Waals surface area contributed by atoms with Crippen molar-refractivity contribution in [3.05, 3.63) is 29.3 Å². The van der Waals surface area contributed by atoms with Crippen molar-refractivity contribution in [1.82, 2.24) is 4.31 Å². The van der Waals surface area contributed by atoms with Crippen LogP contribution >= 0.6 is 0 Å². The van der Waals surface area contributed by atoms with Gasteiger partial charge in [-0.1, -0.05) is 0 Å². The molecule has 2 rings (SSSR count). The van der Waals surface area contributed by atoms with Crippen molar-refractivity contribution in [3.8, 4) is 0 Å². The van der Waals surface area contributed by atoms with Gasteiger partial charge >= 0.3 is 0 Å². The molecule has 8 heteroatoms. The Morgan fingerprint density at radius 3 is 2.52 bits per heavy atom. The highest BCUT2D eigenvalue weighted by Gasteiger charge is 2.32. The highest BCUT2D eigenvalue weighted by molar-refractivity contribution is 7.89.